The number of aliphatic hydroxyl groups excluding tert-OH is 1. The Balaban J connectivity index is 1.77. The van der Waals surface area contributed by atoms with Gasteiger partial charge in [-0.3, -0.25) is 0 Å². The van der Waals surface area contributed by atoms with Gasteiger partial charge < -0.3 is 19.3 Å². The topological polar surface area (TPSA) is 47.9 Å². The summed E-state index contributed by atoms with van der Waals surface area (Å²) >= 11 is 0. The van der Waals surface area contributed by atoms with Crippen LogP contribution in [0.3, 0.4) is 0 Å². The van der Waals surface area contributed by atoms with E-state index < -0.39 is 0 Å². The maximum Gasteiger partial charge on any atom is 0.231 e. The van der Waals surface area contributed by atoms with Crippen LogP contribution in [0.4, 0.5) is 0 Å². The van der Waals surface area contributed by atoms with Crippen LogP contribution in [0, 0.1) is 11.8 Å². The lowest BCUT2D eigenvalue weighted by atomic mass is 9.80. The van der Waals surface area contributed by atoms with Crippen LogP contribution in [-0.2, 0) is 6.61 Å². The molecule has 1 aliphatic carbocycles. The molecule has 3 unspecified atom stereocenters. The molecular formula is C16H22O4. The van der Waals surface area contributed by atoms with Crippen molar-refractivity contribution in [3.05, 3.63) is 17.7 Å². The predicted molar refractivity (Wildman–Crippen MR) is 75.1 cm³/mol. The zero-order valence-electron chi connectivity index (χ0n) is 12.1. The Kier molecular flexibility index (Phi) is 3.74. The van der Waals surface area contributed by atoms with Crippen LogP contribution in [0.1, 0.15) is 38.7 Å². The van der Waals surface area contributed by atoms with E-state index in [2.05, 4.69) is 13.8 Å². The monoisotopic (exact) mass is 278 g/mol. The second-order valence-corrected chi connectivity index (χ2v) is 5.98. The zero-order valence-corrected chi connectivity index (χ0v) is 12.1. The Morgan fingerprint density at radius 3 is 2.60 bits per heavy atom. The Morgan fingerprint density at radius 2 is 1.90 bits per heavy atom. The van der Waals surface area contributed by atoms with Gasteiger partial charge in [0.1, 0.15) is 5.75 Å². The third kappa shape index (κ3) is 2.57. The molecule has 3 rings (SSSR count). The van der Waals surface area contributed by atoms with Crippen LogP contribution in [0.2, 0.25) is 0 Å². The molecule has 1 aromatic carbocycles. The Hall–Kier alpha value is -1.42. The molecule has 1 heterocycles. The molecule has 0 aromatic heterocycles. The number of fused-ring (bicyclic) bond motifs is 1. The lowest BCUT2D eigenvalue weighted by Gasteiger charge is -2.32. The van der Waals surface area contributed by atoms with E-state index in [1.807, 2.05) is 12.1 Å². The van der Waals surface area contributed by atoms with Gasteiger partial charge in [0.2, 0.25) is 6.79 Å². The van der Waals surface area contributed by atoms with Crippen LogP contribution < -0.4 is 14.2 Å². The third-order valence-corrected chi connectivity index (χ3v) is 4.57. The number of hydrogen-bond donors (Lipinski definition) is 1. The average Bonchev–Trinajstić information content (AvgIpc) is 2.89. The number of rotatable bonds is 3. The van der Waals surface area contributed by atoms with E-state index in [9.17, 15) is 5.11 Å². The number of aliphatic hydroxyl groups is 1. The fourth-order valence-electron chi connectivity index (χ4n) is 2.98. The minimum atomic E-state index is -0.0509. The van der Waals surface area contributed by atoms with Crippen LogP contribution in [-0.4, -0.2) is 18.0 Å². The minimum absolute atomic E-state index is 0.0509. The van der Waals surface area contributed by atoms with E-state index >= 15 is 0 Å². The molecule has 0 radical (unpaired) electrons. The smallest absolute Gasteiger partial charge is 0.231 e. The molecule has 20 heavy (non-hydrogen) atoms. The van der Waals surface area contributed by atoms with Crippen molar-refractivity contribution in [1.82, 2.24) is 0 Å². The summed E-state index contributed by atoms with van der Waals surface area (Å²) in [5, 5.41) is 9.50. The van der Waals surface area contributed by atoms with Gasteiger partial charge in [-0.1, -0.05) is 13.8 Å². The highest BCUT2D eigenvalue weighted by Gasteiger charge is 2.27. The second-order valence-electron chi connectivity index (χ2n) is 5.98. The van der Waals surface area contributed by atoms with Crippen molar-refractivity contribution in [3.8, 4) is 17.2 Å². The van der Waals surface area contributed by atoms with E-state index in [-0.39, 0.29) is 19.5 Å². The van der Waals surface area contributed by atoms with Crippen molar-refractivity contribution in [2.75, 3.05) is 6.79 Å². The van der Waals surface area contributed by atoms with Crippen LogP contribution in [0.25, 0.3) is 0 Å². The van der Waals surface area contributed by atoms with E-state index in [1.165, 1.54) is 6.42 Å². The highest BCUT2D eigenvalue weighted by atomic mass is 16.7. The molecule has 0 bridgehead atoms. The fourth-order valence-corrected chi connectivity index (χ4v) is 2.98. The standard InChI is InChI=1S/C16H22O4/c1-10-3-4-13(5-11(10)2)20-14-7-16-15(18-9-19-16)6-12(14)8-17/h6-7,10-11,13,17H,3-5,8-9H2,1-2H3. The summed E-state index contributed by atoms with van der Waals surface area (Å²) < 4.78 is 16.8. The number of ether oxygens (including phenoxy) is 3. The molecule has 1 N–H and O–H groups in total. The third-order valence-electron chi connectivity index (χ3n) is 4.57. The molecule has 0 saturated heterocycles. The highest BCUT2D eigenvalue weighted by Crippen LogP contribution is 2.40. The first-order valence-corrected chi connectivity index (χ1v) is 7.37. The highest BCUT2D eigenvalue weighted by molar-refractivity contribution is 5.51. The van der Waals surface area contributed by atoms with Crippen molar-refractivity contribution >= 4 is 0 Å². The summed E-state index contributed by atoms with van der Waals surface area (Å²) in [5.41, 5.74) is 0.764. The molecule has 3 atom stereocenters. The van der Waals surface area contributed by atoms with E-state index in [4.69, 9.17) is 14.2 Å². The second kappa shape index (κ2) is 5.52. The summed E-state index contributed by atoms with van der Waals surface area (Å²) in [6.07, 6.45) is 3.57. The molecule has 0 amide bonds. The van der Waals surface area contributed by atoms with Gasteiger partial charge in [0, 0.05) is 11.6 Å². The van der Waals surface area contributed by atoms with Crippen LogP contribution in [0.15, 0.2) is 12.1 Å². The van der Waals surface area contributed by atoms with Crippen LogP contribution >= 0.6 is 0 Å². The maximum atomic E-state index is 9.50. The number of hydrogen-bond acceptors (Lipinski definition) is 4. The Morgan fingerprint density at radius 1 is 1.15 bits per heavy atom. The van der Waals surface area contributed by atoms with Crippen molar-refractivity contribution in [2.24, 2.45) is 11.8 Å². The SMILES string of the molecule is CC1CCC(Oc2cc3c(cc2CO)OCO3)CC1C. The quantitative estimate of drug-likeness (QED) is 0.923. The molecule has 2 aliphatic rings. The first-order valence-electron chi connectivity index (χ1n) is 7.37. The lowest BCUT2D eigenvalue weighted by Crippen LogP contribution is -2.29. The zero-order chi connectivity index (χ0) is 14.1. The van der Waals surface area contributed by atoms with Gasteiger partial charge in [0.25, 0.3) is 0 Å². The summed E-state index contributed by atoms with van der Waals surface area (Å²) in [6.45, 7) is 4.78. The van der Waals surface area contributed by atoms with Gasteiger partial charge in [0.05, 0.1) is 12.7 Å². The summed E-state index contributed by atoms with van der Waals surface area (Å²) in [4.78, 5) is 0. The van der Waals surface area contributed by atoms with E-state index in [1.54, 1.807) is 0 Å². The van der Waals surface area contributed by atoms with Gasteiger partial charge in [0.15, 0.2) is 11.5 Å². The molecule has 1 aromatic rings. The summed E-state index contributed by atoms with van der Waals surface area (Å²) in [7, 11) is 0. The van der Waals surface area contributed by atoms with Crippen molar-refractivity contribution in [1.29, 1.82) is 0 Å². The first kappa shape index (κ1) is 13.6. The van der Waals surface area contributed by atoms with Crippen LogP contribution in [0.5, 0.6) is 17.2 Å². The molecule has 0 spiro atoms. The Labute approximate surface area is 119 Å². The van der Waals surface area contributed by atoms with Crippen molar-refractivity contribution < 1.29 is 19.3 Å². The molecular weight excluding hydrogens is 256 g/mol. The fraction of sp³-hybridized carbons (Fsp3) is 0.625. The normalized spacial score (nSPS) is 28.4. The number of benzene rings is 1. The minimum Gasteiger partial charge on any atom is -0.490 e. The molecule has 1 saturated carbocycles. The molecule has 1 aliphatic heterocycles. The molecule has 4 heteroatoms. The van der Waals surface area contributed by atoms with E-state index in [0.717, 1.165) is 30.1 Å². The van der Waals surface area contributed by atoms with Crippen molar-refractivity contribution in [3.63, 3.8) is 0 Å². The van der Waals surface area contributed by atoms with Gasteiger partial charge in [-0.2, -0.15) is 0 Å². The van der Waals surface area contributed by atoms with Gasteiger partial charge in [-0.05, 0) is 37.2 Å². The summed E-state index contributed by atoms with van der Waals surface area (Å²) in [6, 6.07) is 3.66. The van der Waals surface area contributed by atoms with Gasteiger partial charge >= 0.3 is 0 Å². The Bertz CT molecular complexity index is 486. The van der Waals surface area contributed by atoms with Gasteiger partial charge in [-0.25, -0.2) is 0 Å². The maximum absolute atomic E-state index is 9.50. The largest absolute Gasteiger partial charge is 0.490 e. The van der Waals surface area contributed by atoms with Gasteiger partial charge in [-0.15, -0.1) is 0 Å². The van der Waals surface area contributed by atoms with Crippen molar-refractivity contribution in [2.45, 2.75) is 45.8 Å². The average molecular weight is 278 g/mol. The summed E-state index contributed by atoms with van der Waals surface area (Å²) in [5.74, 6) is 3.56. The lowest BCUT2D eigenvalue weighted by molar-refractivity contribution is 0.0979. The molecule has 1 fully saturated rings. The van der Waals surface area contributed by atoms with E-state index in [0.29, 0.717) is 17.4 Å². The molecule has 110 valence electrons. The molecule has 4 nitrogen and oxygen atoms in total. The first-order chi connectivity index (χ1) is 9.67. The predicted octanol–water partition coefficient (Wildman–Crippen LogP) is 3.11.